The van der Waals surface area contributed by atoms with Crippen molar-refractivity contribution in [3.8, 4) is 0 Å². The van der Waals surface area contributed by atoms with Gasteiger partial charge in [-0.2, -0.15) is 0 Å². The summed E-state index contributed by atoms with van der Waals surface area (Å²) >= 11 is 0. The second-order valence-corrected chi connectivity index (χ2v) is 5.85. The van der Waals surface area contributed by atoms with Crippen LogP contribution < -0.4 is 10.6 Å². The van der Waals surface area contributed by atoms with Gasteiger partial charge >= 0.3 is 0 Å². The summed E-state index contributed by atoms with van der Waals surface area (Å²) in [6.07, 6.45) is 3.19. The smallest absolute Gasteiger partial charge is 0.274 e. The number of amides is 2. The van der Waals surface area contributed by atoms with E-state index < -0.39 is 17.5 Å². The number of nitrogens with one attached hydrogen (secondary N) is 2. The summed E-state index contributed by atoms with van der Waals surface area (Å²) in [6.45, 7) is 1.09. The number of ether oxygens (including phenoxy) is 1. The highest BCUT2D eigenvalue weighted by molar-refractivity contribution is 6.04. The molecule has 0 spiro atoms. The first kappa shape index (κ1) is 17.9. The van der Waals surface area contributed by atoms with Crippen LogP contribution in [0.4, 0.5) is 14.5 Å². The number of pyridine rings is 1. The molecule has 26 heavy (non-hydrogen) atoms. The van der Waals surface area contributed by atoms with E-state index in [2.05, 4.69) is 15.6 Å². The zero-order chi connectivity index (χ0) is 18.5. The standard InChI is InChI=1S/C18H17F2N3O3/c19-12-3-4-15(14(20)9-12)23-18(25)16-8-11(5-6-21-16)17(24)22-10-13-2-1-7-26-13/h3-6,8-9,13H,1-2,7,10H2,(H,22,24)(H,23,25). The Morgan fingerprint density at radius 1 is 1.19 bits per heavy atom. The van der Waals surface area contributed by atoms with Gasteiger partial charge in [0.25, 0.3) is 11.8 Å². The molecule has 2 amide bonds. The van der Waals surface area contributed by atoms with Crippen LogP contribution in [0.3, 0.4) is 0 Å². The first-order valence-electron chi connectivity index (χ1n) is 8.15. The van der Waals surface area contributed by atoms with Gasteiger partial charge < -0.3 is 15.4 Å². The number of hydrogen-bond donors (Lipinski definition) is 2. The fourth-order valence-electron chi connectivity index (χ4n) is 2.59. The van der Waals surface area contributed by atoms with E-state index in [9.17, 15) is 18.4 Å². The SMILES string of the molecule is O=C(NCC1CCCO1)c1ccnc(C(=O)Nc2ccc(F)cc2F)c1. The van der Waals surface area contributed by atoms with E-state index in [0.717, 1.165) is 25.0 Å². The van der Waals surface area contributed by atoms with E-state index in [0.29, 0.717) is 19.2 Å². The average molecular weight is 361 g/mol. The summed E-state index contributed by atoms with van der Waals surface area (Å²) in [4.78, 5) is 28.3. The van der Waals surface area contributed by atoms with Crippen LogP contribution in [0.1, 0.15) is 33.7 Å². The molecule has 0 saturated carbocycles. The molecule has 2 aromatic rings. The van der Waals surface area contributed by atoms with E-state index in [1.54, 1.807) is 0 Å². The molecule has 1 aliphatic rings. The van der Waals surface area contributed by atoms with Crippen molar-refractivity contribution in [1.29, 1.82) is 0 Å². The lowest BCUT2D eigenvalue weighted by Crippen LogP contribution is -2.32. The molecule has 3 rings (SSSR count). The van der Waals surface area contributed by atoms with Gasteiger partial charge in [0.15, 0.2) is 0 Å². The minimum absolute atomic E-state index is 0.00464. The van der Waals surface area contributed by atoms with Gasteiger partial charge in [-0.15, -0.1) is 0 Å². The fourth-order valence-corrected chi connectivity index (χ4v) is 2.59. The lowest BCUT2D eigenvalue weighted by atomic mass is 10.2. The van der Waals surface area contributed by atoms with Crippen LogP contribution in [0, 0.1) is 11.6 Å². The molecule has 1 aromatic heterocycles. The maximum atomic E-state index is 13.6. The van der Waals surface area contributed by atoms with Gasteiger partial charge in [0.2, 0.25) is 0 Å². The number of carbonyl (C=O) groups excluding carboxylic acids is 2. The number of hydrogen-bond acceptors (Lipinski definition) is 4. The number of benzene rings is 1. The molecule has 2 heterocycles. The van der Waals surface area contributed by atoms with E-state index in [-0.39, 0.29) is 29.0 Å². The molecule has 1 atom stereocenters. The Balaban J connectivity index is 1.65. The second-order valence-electron chi connectivity index (χ2n) is 5.85. The van der Waals surface area contributed by atoms with Crippen LogP contribution in [0.15, 0.2) is 36.5 Å². The predicted octanol–water partition coefficient (Wildman–Crippen LogP) is 2.52. The van der Waals surface area contributed by atoms with E-state index in [1.807, 2.05) is 0 Å². The number of nitrogens with zero attached hydrogens (tertiary/aromatic N) is 1. The molecule has 8 heteroatoms. The predicted molar refractivity (Wildman–Crippen MR) is 89.9 cm³/mol. The molecular formula is C18H17F2N3O3. The average Bonchev–Trinajstić information content (AvgIpc) is 3.15. The molecule has 0 radical (unpaired) electrons. The van der Waals surface area contributed by atoms with Crippen LogP contribution in [-0.4, -0.2) is 36.1 Å². The minimum Gasteiger partial charge on any atom is -0.376 e. The van der Waals surface area contributed by atoms with Gasteiger partial charge in [-0.1, -0.05) is 0 Å². The molecule has 0 aliphatic carbocycles. The van der Waals surface area contributed by atoms with E-state index >= 15 is 0 Å². The molecular weight excluding hydrogens is 344 g/mol. The number of halogens is 2. The number of carbonyl (C=O) groups is 2. The summed E-state index contributed by atoms with van der Waals surface area (Å²) in [5, 5.41) is 5.05. The Bertz CT molecular complexity index is 823. The Morgan fingerprint density at radius 3 is 2.77 bits per heavy atom. The van der Waals surface area contributed by atoms with Crippen LogP contribution in [-0.2, 0) is 4.74 Å². The molecule has 6 nitrogen and oxygen atoms in total. The topological polar surface area (TPSA) is 80.3 Å². The molecule has 0 bridgehead atoms. The molecule has 2 N–H and O–H groups in total. The van der Waals surface area contributed by atoms with Crippen molar-refractivity contribution in [1.82, 2.24) is 10.3 Å². The van der Waals surface area contributed by atoms with Crippen LogP contribution in [0.5, 0.6) is 0 Å². The number of rotatable bonds is 5. The molecule has 1 aromatic carbocycles. The quantitative estimate of drug-likeness (QED) is 0.858. The first-order valence-corrected chi connectivity index (χ1v) is 8.15. The van der Waals surface area contributed by atoms with Gasteiger partial charge in [0, 0.05) is 31.0 Å². The second kappa shape index (κ2) is 8.01. The molecule has 1 unspecified atom stereocenters. The number of anilines is 1. The fraction of sp³-hybridized carbons (Fsp3) is 0.278. The van der Waals surface area contributed by atoms with Crippen molar-refractivity contribution in [2.45, 2.75) is 18.9 Å². The van der Waals surface area contributed by atoms with Crippen molar-refractivity contribution in [3.63, 3.8) is 0 Å². The monoisotopic (exact) mass is 361 g/mol. The molecule has 1 saturated heterocycles. The summed E-state index contributed by atoms with van der Waals surface area (Å²) in [5.74, 6) is -2.71. The van der Waals surface area contributed by atoms with Gasteiger partial charge in [-0.3, -0.25) is 14.6 Å². The van der Waals surface area contributed by atoms with Gasteiger partial charge in [-0.25, -0.2) is 8.78 Å². The highest BCUT2D eigenvalue weighted by atomic mass is 19.1. The maximum Gasteiger partial charge on any atom is 0.274 e. The normalized spacial score (nSPS) is 16.3. The lowest BCUT2D eigenvalue weighted by Gasteiger charge is -2.11. The Hall–Kier alpha value is -2.87. The third kappa shape index (κ3) is 4.40. The van der Waals surface area contributed by atoms with Gasteiger partial charge in [-0.05, 0) is 37.1 Å². The molecule has 136 valence electrons. The third-order valence-electron chi connectivity index (χ3n) is 3.95. The van der Waals surface area contributed by atoms with Crippen molar-refractivity contribution in [3.05, 3.63) is 59.4 Å². The lowest BCUT2D eigenvalue weighted by molar-refractivity contribution is 0.0857. The Kier molecular flexibility index (Phi) is 5.52. The number of aromatic nitrogens is 1. The Morgan fingerprint density at radius 2 is 2.04 bits per heavy atom. The van der Waals surface area contributed by atoms with Gasteiger partial charge in [0.05, 0.1) is 11.8 Å². The van der Waals surface area contributed by atoms with Gasteiger partial charge in [0.1, 0.15) is 17.3 Å². The summed E-state index contributed by atoms with van der Waals surface area (Å²) in [7, 11) is 0. The first-order chi connectivity index (χ1) is 12.5. The summed E-state index contributed by atoms with van der Waals surface area (Å²) in [6, 6.07) is 5.58. The summed E-state index contributed by atoms with van der Waals surface area (Å²) < 4.78 is 32.0. The summed E-state index contributed by atoms with van der Waals surface area (Å²) in [5.41, 5.74) is 0.0210. The van der Waals surface area contributed by atoms with Crippen LogP contribution >= 0.6 is 0 Å². The van der Waals surface area contributed by atoms with E-state index in [1.165, 1.54) is 18.3 Å². The molecule has 1 fully saturated rings. The third-order valence-corrected chi connectivity index (χ3v) is 3.95. The van der Waals surface area contributed by atoms with Crippen molar-refractivity contribution in [2.24, 2.45) is 0 Å². The highest BCUT2D eigenvalue weighted by Crippen LogP contribution is 2.16. The Labute approximate surface area is 148 Å². The van der Waals surface area contributed by atoms with Crippen LogP contribution in [0.2, 0.25) is 0 Å². The molecule has 1 aliphatic heterocycles. The zero-order valence-corrected chi connectivity index (χ0v) is 13.8. The van der Waals surface area contributed by atoms with Crippen molar-refractivity contribution < 1.29 is 23.1 Å². The minimum atomic E-state index is -0.899. The van der Waals surface area contributed by atoms with Crippen LogP contribution in [0.25, 0.3) is 0 Å². The van der Waals surface area contributed by atoms with E-state index in [4.69, 9.17) is 4.74 Å². The largest absolute Gasteiger partial charge is 0.376 e. The van der Waals surface area contributed by atoms with Crippen molar-refractivity contribution >= 4 is 17.5 Å². The zero-order valence-electron chi connectivity index (χ0n) is 13.8. The highest BCUT2D eigenvalue weighted by Gasteiger charge is 2.18. The van der Waals surface area contributed by atoms with Crippen molar-refractivity contribution in [2.75, 3.05) is 18.5 Å². The maximum absolute atomic E-state index is 13.6.